The van der Waals surface area contributed by atoms with E-state index in [1.807, 2.05) is 0 Å². The fourth-order valence-corrected chi connectivity index (χ4v) is 3.98. The minimum absolute atomic E-state index is 0.0911. The monoisotopic (exact) mass is 570 g/mol. The third-order valence-electron chi connectivity index (χ3n) is 6.17. The van der Waals surface area contributed by atoms with Gasteiger partial charge in [-0.15, -0.1) is 0 Å². The third-order valence-corrected chi connectivity index (χ3v) is 6.17. The number of benzene rings is 3. The molecule has 2 N–H and O–H groups in total. The fraction of sp³-hybridized carbons (Fsp3) is 0.355. The number of hydrogen-bond acceptors (Lipinski definition) is 5. The summed E-state index contributed by atoms with van der Waals surface area (Å²) < 4.78 is 43.9. The van der Waals surface area contributed by atoms with Crippen LogP contribution in [-0.4, -0.2) is 61.0 Å². The summed E-state index contributed by atoms with van der Waals surface area (Å²) in [7, 11) is 0. The van der Waals surface area contributed by atoms with Crippen molar-refractivity contribution in [3.63, 3.8) is 0 Å². The van der Waals surface area contributed by atoms with Gasteiger partial charge < -0.3 is 29.5 Å². The van der Waals surface area contributed by atoms with Gasteiger partial charge in [0, 0.05) is 26.2 Å². The number of carbonyl (C=O) groups excluding carboxylic acids is 1. The summed E-state index contributed by atoms with van der Waals surface area (Å²) in [6, 6.07) is 18.7. The number of rotatable bonds is 17. The molecule has 0 aliphatic carbocycles. The standard InChI is InChI=1S/C31H36F2N2O6/c1-2-40-29(30(36)37)21-23-11-15-26(16-12-23)41-20-18-35(31(38)34-28-8-4-3-7-27(28)33)17-5-6-19-39-22-24-9-13-25(32)14-10-24/h3-4,7-16,29H,2,5-6,17-22H2,1H3,(H,34,38)(H,36,37). The Balaban J connectivity index is 1.49. The van der Waals surface area contributed by atoms with E-state index in [1.165, 1.54) is 24.3 Å². The van der Waals surface area contributed by atoms with Crippen LogP contribution in [0, 0.1) is 11.6 Å². The van der Waals surface area contributed by atoms with Crippen LogP contribution < -0.4 is 10.1 Å². The molecule has 8 nitrogen and oxygen atoms in total. The molecule has 0 heterocycles. The summed E-state index contributed by atoms with van der Waals surface area (Å²) in [6.45, 7) is 3.74. The summed E-state index contributed by atoms with van der Waals surface area (Å²) in [5, 5.41) is 11.9. The maximum atomic E-state index is 14.1. The van der Waals surface area contributed by atoms with Gasteiger partial charge >= 0.3 is 12.0 Å². The van der Waals surface area contributed by atoms with Gasteiger partial charge in [-0.3, -0.25) is 0 Å². The van der Waals surface area contributed by atoms with Crippen molar-refractivity contribution in [1.82, 2.24) is 4.90 Å². The second kappa shape index (κ2) is 16.9. The highest BCUT2D eigenvalue weighted by Crippen LogP contribution is 2.16. The van der Waals surface area contributed by atoms with Crippen molar-refractivity contribution in [2.45, 2.75) is 38.9 Å². The van der Waals surface area contributed by atoms with E-state index in [0.717, 1.165) is 11.1 Å². The summed E-state index contributed by atoms with van der Waals surface area (Å²) in [6.07, 6.45) is 0.655. The normalized spacial score (nSPS) is 11.6. The molecule has 220 valence electrons. The third kappa shape index (κ3) is 11.2. The number of nitrogens with one attached hydrogen (secondary N) is 1. The molecule has 0 aliphatic heterocycles. The summed E-state index contributed by atoms with van der Waals surface area (Å²) in [5.74, 6) is -1.27. The van der Waals surface area contributed by atoms with E-state index in [9.17, 15) is 23.5 Å². The SMILES string of the molecule is CCOC(Cc1ccc(OCCN(CCCCOCc2ccc(F)cc2)C(=O)Nc2ccccc2F)cc1)C(=O)O. The zero-order valence-electron chi connectivity index (χ0n) is 23.1. The number of para-hydroxylation sites is 1. The molecule has 2 amide bonds. The minimum Gasteiger partial charge on any atom is -0.492 e. The van der Waals surface area contributed by atoms with Crippen molar-refractivity contribution in [2.24, 2.45) is 0 Å². The molecule has 0 bridgehead atoms. The Labute approximate surface area is 238 Å². The quantitative estimate of drug-likeness (QED) is 0.196. The first-order chi connectivity index (χ1) is 19.9. The van der Waals surface area contributed by atoms with Gasteiger partial charge in [-0.1, -0.05) is 36.4 Å². The van der Waals surface area contributed by atoms with Crippen LogP contribution >= 0.6 is 0 Å². The number of aliphatic carboxylic acids is 1. The molecule has 1 atom stereocenters. The van der Waals surface area contributed by atoms with E-state index in [-0.39, 0.29) is 31.1 Å². The molecule has 0 saturated heterocycles. The number of carbonyl (C=O) groups is 2. The number of nitrogens with zero attached hydrogens (tertiary/aromatic N) is 1. The Morgan fingerprint density at radius 1 is 0.902 bits per heavy atom. The van der Waals surface area contributed by atoms with Crippen LogP contribution in [0.2, 0.25) is 0 Å². The predicted molar refractivity (Wildman–Crippen MR) is 151 cm³/mol. The molecule has 3 rings (SSSR count). The first kappa shape index (κ1) is 31.5. The number of anilines is 1. The highest BCUT2D eigenvalue weighted by Gasteiger charge is 2.18. The van der Waals surface area contributed by atoms with Crippen LogP contribution in [0.25, 0.3) is 0 Å². The number of carboxylic acids is 1. The largest absolute Gasteiger partial charge is 0.492 e. The van der Waals surface area contributed by atoms with Crippen LogP contribution in [0.5, 0.6) is 5.75 Å². The Morgan fingerprint density at radius 3 is 2.29 bits per heavy atom. The smallest absolute Gasteiger partial charge is 0.333 e. The average molecular weight is 571 g/mol. The minimum atomic E-state index is -1.01. The van der Waals surface area contributed by atoms with Crippen molar-refractivity contribution in [3.05, 3.63) is 95.6 Å². The molecule has 10 heteroatoms. The second-order valence-electron chi connectivity index (χ2n) is 9.26. The van der Waals surface area contributed by atoms with E-state index in [2.05, 4.69) is 5.32 Å². The molecule has 0 radical (unpaired) electrons. The highest BCUT2D eigenvalue weighted by molar-refractivity contribution is 5.89. The van der Waals surface area contributed by atoms with E-state index < -0.39 is 23.9 Å². The molecule has 1 unspecified atom stereocenters. The summed E-state index contributed by atoms with van der Waals surface area (Å²) in [5.41, 5.74) is 1.76. The van der Waals surface area contributed by atoms with Gasteiger partial charge in [0.25, 0.3) is 0 Å². The van der Waals surface area contributed by atoms with Crippen LogP contribution in [0.3, 0.4) is 0 Å². The number of halogens is 2. The molecule has 3 aromatic carbocycles. The number of urea groups is 1. The van der Waals surface area contributed by atoms with Gasteiger partial charge in [0.1, 0.15) is 24.0 Å². The van der Waals surface area contributed by atoms with Gasteiger partial charge in [0.2, 0.25) is 0 Å². The lowest BCUT2D eigenvalue weighted by Crippen LogP contribution is -2.38. The van der Waals surface area contributed by atoms with Crippen molar-refractivity contribution in [3.8, 4) is 5.75 Å². The van der Waals surface area contributed by atoms with Crippen LogP contribution in [0.15, 0.2) is 72.8 Å². The predicted octanol–water partition coefficient (Wildman–Crippen LogP) is 5.91. The van der Waals surface area contributed by atoms with Gasteiger partial charge in [-0.25, -0.2) is 18.4 Å². The van der Waals surface area contributed by atoms with Crippen LogP contribution in [0.1, 0.15) is 30.9 Å². The zero-order chi connectivity index (χ0) is 29.5. The fourth-order valence-electron chi connectivity index (χ4n) is 3.98. The summed E-state index contributed by atoms with van der Waals surface area (Å²) in [4.78, 5) is 25.8. The lowest BCUT2D eigenvalue weighted by molar-refractivity contribution is -0.149. The Morgan fingerprint density at radius 2 is 1.61 bits per heavy atom. The average Bonchev–Trinajstić information content (AvgIpc) is 2.96. The molecule has 41 heavy (non-hydrogen) atoms. The molecule has 0 aromatic heterocycles. The van der Waals surface area contributed by atoms with E-state index in [4.69, 9.17) is 14.2 Å². The highest BCUT2D eigenvalue weighted by atomic mass is 19.1. The number of ether oxygens (including phenoxy) is 3. The lowest BCUT2D eigenvalue weighted by Gasteiger charge is -2.23. The van der Waals surface area contributed by atoms with Crippen molar-refractivity contribution >= 4 is 17.7 Å². The van der Waals surface area contributed by atoms with E-state index in [0.29, 0.717) is 45.0 Å². The van der Waals surface area contributed by atoms with Crippen molar-refractivity contribution in [2.75, 3.05) is 38.2 Å². The van der Waals surface area contributed by atoms with Crippen molar-refractivity contribution in [1.29, 1.82) is 0 Å². The maximum Gasteiger partial charge on any atom is 0.333 e. The first-order valence-electron chi connectivity index (χ1n) is 13.5. The lowest BCUT2D eigenvalue weighted by atomic mass is 10.1. The zero-order valence-corrected chi connectivity index (χ0v) is 23.1. The van der Waals surface area contributed by atoms with Gasteiger partial charge in [0.15, 0.2) is 6.10 Å². The molecule has 0 spiro atoms. The number of amides is 2. The molecular weight excluding hydrogens is 534 g/mol. The summed E-state index contributed by atoms with van der Waals surface area (Å²) >= 11 is 0. The number of unbranched alkanes of at least 4 members (excludes halogenated alkanes) is 1. The Kier molecular flexibility index (Phi) is 13.0. The molecule has 0 fully saturated rings. The Bertz CT molecular complexity index is 1220. The number of hydrogen-bond donors (Lipinski definition) is 2. The Hall–Kier alpha value is -4.02. The van der Waals surface area contributed by atoms with Gasteiger partial charge in [0.05, 0.1) is 18.8 Å². The van der Waals surface area contributed by atoms with E-state index in [1.54, 1.807) is 60.4 Å². The topological polar surface area (TPSA) is 97.3 Å². The first-order valence-corrected chi connectivity index (χ1v) is 13.5. The van der Waals surface area contributed by atoms with Crippen LogP contribution in [0.4, 0.5) is 19.3 Å². The second-order valence-corrected chi connectivity index (χ2v) is 9.26. The molecule has 0 saturated carbocycles. The molecule has 3 aromatic rings. The van der Waals surface area contributed by atoms with Gasteiger partial charge in [-0.2, -0.15) is 0 Å². The maximum absolute atomic E-state index is 14.1. The van der Waals surface area contributed by atoms with E-state index >= 15 is 0 Å². The van der Waals surface area contributed by atoms with Gasteiger partial charge in [-0.05, 0) is 67.3 Å². The molecular formula is C31H36F2N2O6. The molecule has 0 aliphatic rings. The van der Waals surface area contributed by atoms with Crippen LogP contribution in [-0.2, 0) is 27.3 Å². The number of carboxylic acid groups (broad SMARTS) is 1. The van der Waals surface area contributed by atoms with Crippen molar-refractivity contribution < 1.29 is 37.7 Å².